The van der Waals surface area contributed by atoms with E-state index in [9.17, 15) is 12.8 Å². The Bertz CT molecular complexity index is 985. The third-order valence-electron chi connectivity index (χ3n) is 4.08. The quantitative estimate of drug-likeness (QED) is 0.693. The Morgan fingerprint density at radius 2 is 1.92 bits per heavy atom. The van der Waals surface area contributed by atoms with Crippen molar-refractivity contribution in [3.8, 4) is 0 Å². The van der Waals surface area contributed by atoms with Gasteiger partial charge in [-0.2, -0.15) is 0 Å². The fourth-order valence-electron chi connectivity index (χ4n) is 2.73. The van der Waals surface area contributed by atoms with Crippen molar-refractivity contribution in [2.75, 3.05) is 6.54 Å². The van der Waals surface area contributed by atoms with Crippen LogP contribution >= 0.6 is 0 Å². The maximum Gasteiger partial charge on any atom is 0.240 e. The van der Waals surface area contributed by atoms with Crippen molar-refractivity contribution < 1.29 is 12.8 Å². The van der Waals surface area contributed by atoms with Gasteiger partial charge in [0.25, 0.3) is 0 Å². The minimum absolute atomic E-state index is 0.0369. The monoisotopic (exact) mass is 373 g/mol. The fraction of sp³-hybridized carbons (Fsp3) is 0.211. The third-order valence-corrected chi connectivity index (χ3v) is 5.68. The maximum atomic E-state index is 13.4. The molecule has 0 unspecified atom stereocenters. The zero-order chi connectivity index (χ0) is 18.6. The summed E-state index contributed by atoms with van der Waals surface area (Å²) in [5.74, 6) is 0.210. The predicted molar refractivity (Wildman–Crippen MR) is 97.8 cm³/mol. The van der Waals surface area contributed by atoms with E-state index < -0.39 is 15.8 Å². The summed E-state index contributed by atoms with van der Waals surface area (Å²) < 4.78 is 42.7. The first-order valence-corrected chi connectivity index (χ1v) is 9.74. The molecular formula is C19H20FN3O2S. The van der Waals surface area contributed by atoms with Gasteiger partial charge in [-0.05, 0) is 30.2 Å². The van der Waals surface area contributed by atoms with Crippen molar-refractivity contribution >= 4 is 10.0 Å². The van der Waals surface area contributed by atoms with Crippen molar-refractivity contribution in [1.29, 1.82) is 0 Å². The van der Waals surface area contributed by atoms with Gasteiger partial charge in [-0.3, -0.25) is 0 Å². The molecule has 136 valence electrons. The number of aryl methyl sites for hydroxylation is 1. The minimum Gasteiger partial charge on any atom is -0.330 e. The first-order valence-electron chi connectivity index (χ1n) is 8.25. The lowest BCUT2D eigenvalue weighted by atomic mass is 10.2. The van der Waals surface area contributed by atoms with Crippen LogP contribution in [0.3, 0.4) is 0 Å². The second kappa shape index (κ2) is 7.80. The van der Waals surface area contributed by atoms with Crippen LogP contribution < -0.4 is 4.72 Å². The van der Waals surface area contributed by atoms with Crippen LogP contribution in [0, 0.1) is 12.7 Å². The standard InChI is InChI=1S/C19H20FN3O2S/c1-15-7-8-17(20)13-18(15)26(24,25)22-10-9-19-21-11-12-23(19)14-16-5-3-2-4-6-16/h2-8,11-13,22H,9-10,14H2,1H3. The lowest BCUT2D eigenvalue weighted by Crippen LogP contribution is -2.27. The number of hydrogen-bond donors (Lipinski definition) is 1. The minimum atomic E-state index is -3.77. The molecule has 0 aliphatic heterocycles. The van der Waals surface area contributed by atoms with Crippen molar-refractivity contribution in [1.82, 2.24) is 14.3 Å². The Morgan fingerprint density at radius 1 is 1.15 bits per heavy atom. The van der Waals surface area contributed by atoms with E-state index in [4.69, 9.17) is 0 Å². The first-order chi connectivity index (χ1) is 12.5. The van der Waals surface area contributed by atoms with Crippen LogP contribution in [0.1, 0.15) is 17.0 Å². The topological polar surface area (TPSA) is 64.0 Å². The van der Waals surface area contributed by atoms with Gasteiger partial charge in [-0.1, -0.05) is 36.4 Å². The van der Waals surface area contributed by atoms with E-state index in [-0.39, 0.29) is 11.4 Å². The van der Waals surface area contributed by atoms with Crippen LogP contribution in [0.4, 0.5) is 4.39 Å². The SMILES string of the molecule is Cc1ccc(F)cc1S(=O)(=O)NCCc1nccn1Cc1ccccc1. The van der Waals surface area contributed by atoms with E-state index in [0.717, 1.165) is 17.5 Å². The number of sulfonamides is 1. The van der Waals surface area contributed by atoms with Gasteiger partial charge in [-0.15, -0.1) is 0 Å². The molecule has 0 atom stereocenters. The molecule has 0 bridgehead atoms. The molecule has 3 aromatic rings. The second-order valence-corrected chi connectivity index (χ2v) is 7.75. The molecule has 7 heteroatoms. The highest BCUT2D eigenvalue weighted by Gasteiger charge is 2.17. The average Bonchev–Trinajstić information content (AvgIpc) is 3.05. The van der Waals surface area contributed by atoms with Crippen molar-refractivity contribution in [2.45, 2.75) is 24.8 Å². The highest BCUT2D eigenvalue weighted by molar-refractivity contribution is 7.89. The molecule has 0 radical (unpaired) electrons. The van der Waals surface area contributed by atoms with Crippen LogP contribution in [-0.4, -0.2) is 24.5 Å². The summed E-state index contributed by atoms with van der Waals surface area (Å²) in [5.41, 5.74) is 1.65. The molecule has 1 N–H and O–H groups in total. The van der Waals surface area contributed by atoms with E-state index in [2.05, 4.69) is 9.71 Å². The highest BCUT2D eigenvalue weighted by Crippen LogP contribution is 2.16. The van der Waals surface area contributed by atoms with Gasteiger partial charge < -0.3 is 4.57 Å². The molecule has 0 spiro atoms. The summed E-state index contributed by atoms with van der Waals surface area (Å²) in [6.07, 6.45) is 4.00. The molecule has 0 saturated carbocycles. The first kappa shape index (κ1) is 18.3. The van der Waals surface area contributed by atoms with Gasteiger partial charge >= 0.3 is 0 Å². The third kappa shape index (κ3) is 4.36. The Morgan fingerprint density at radius 3 is 2.69 bits per heavy atom. The van der Waals surface area contributed by atoms with Gasteiger partial charge in [0.15, 0.2) is 0 Å². The van der Waals surface area contributed by atoms with Gasteiger partial charge in [0.05, 0.1) is 4.90 Å². The molecule has 0 saturated heterocycles. The normalized spacial score (nSPS) is 11.6. The number of nitrogens with zero attached hydrogens (tertiary/aromatic N) is 2. The van der Waals surface area contributed by atoms with Crippen LogP contribution in [0.25, 0.3) is 0 Å². The van der Waals surface area contributed by atoms with Crippen LogP contribution in [-0.2, 0) is 23.0 Å². The Kier molecular flexibility index (Phi) is 5.49. The molecule has 26 heavy (non-hydrogen) atoms. The predicted octanol–water partition coefficient (Wildman–Crippen LogP) is 2.90. The molecule has 0 fully saturated rings. The molecular weight excluding hydrogens is 353 g/mol. The van der Waals surface area contributed by atoms with Gasteiger partial charge in [0, 0.05) is 31.9 Å². The Labute approximate surface area is 152 Å². The molecule has 0 amide bonds. The zero-order valence-corrected chi connectivity index (χ0v) is 15.2. The molecule has 1 aromatic heterocycles. The number of halogens is 1. The highest BCUT2D eigenvalue weighted by atomic mass is 32.2. The van der Waals surface area contributed by atoms with Gasteiger partial charge in [0.1, 0.15) is 11.6 Å². The van der Waals surface area contributed by atoms with Crippen LogP contribution in [0.5, 0.6) is 0 Å². The van der Waals surface area contributed by atoms with E-state index >= 15 is 0 Å². The number of nitrogens with one attached hydrogen (secondary N) is 1. The fourth-order valence-corrected chi connectivity index (χ4v) is 4.02. The van der Waals surface area contributed by atoms with Crippen molar-refractivity contribution in [2.24, 2.45) is 0 Å². The average molecular weight is 373 g/mol. The second-order valence-electron chi connectivity index (χ2n) is 6.01. The number of benzene rings is 2. The smallest absolute Gasteiger partial charge is 0.240 e. The van der Waals surface area contributed by atoms with Crippen molar-refractivity contribution in [3.63, 3.8) is 0 Å². The zero-order valence-electron chi connectivity index (χ0n) is 14.4. The summed E-state index contributed by atoms with van der Waals surface area (Å²) in [4.78, 5) is 4.27. The summed E-state index contributed by atoms with van der Waals surface area (Å²) in [6.45, 7) is 2.50. The van der Waals surface area contributed by atoms with Crippen LogP contribution in [0.2, 0.25) is 0 Å². The number of rotatable bonds is 7. The van der Waals surface area contributed by atoms with E-state index in [0.29, 0.717) is 18.5 Å². The number of imidazole rings is 1. The molecule has 2 aromatic carbocycles. The van der Waals surface area contributed by atoms with E-state index in [1.807, 2.05) is 41.1 Å². The maximum absolute atomic E-state index is 13.4. The summed E-state index contributed by atoms with van der Waals surface area (Å²) in [6, 6.07) is 13.7. The summed E-state index contributed by atoms with van der Waals surface area (Å²) in [7, 11) is -3.77. The molecule has 5 nitrogen and oxygen atoms in total. The molecule has 0 aliphatic carbocycles. The van der Waals surface area contributed by atoms with Gasteiger partial charge in [-0.25, -0.2) is 22.5 Å². The van der Waals surface area contributed by atoms with E-state index in [1.54, 1.807) is 13.1 Å². The Hall–Kier alpha value is -2.51. The number of hydrogen-bond acceptors (Lipinski definition) is 3. The van der Waals surface area contributed by atoms with Crippen LogP contribution in [0.15, 0.2) is 65.8 Å². The van der Waals surface area contributed by atoms with Crippen molar-refractivity contribution in [3.05, 3.63) is 83.7 Å². The molecule has 3 rings (SSSR count). The van der Waals surface area contributed by atoms with Gasteiger partial charge in [0.2, 0.25) is 10.0 Å². The van der Waals surface area contributed by atoms with E-state index in [1.165, 1.54) is 12.1 Å². The number of aromatic nitrogens is 2. The molecule has 1 heterocycles. The largest absolute Gasteiger partial charge is 0.330 e. The summed E-state index contributed by atoms with van der Waals surface area (Å²) in [5, 5.41) is 0. The molecule has 0 aliphatic rings. The summed E-state index contributed by atoms with van der Waals surface area (Å²) >= 11 is 0. The lowest BCUT2D eigenvalue weighted by molar-refractivity contribution is 0.574. The lowest BCUT2D eigenvalue weighted by Gasteiger charge is -2.11. The Balaban J connectivity index is 1.65.